The summed E-state index contributed by atoms with van der Waals surface area (Å²) in [7, 11) is 0. The summed E-state index contributed by atoms with van der Waals surface area (Å²) < 4.78 is 1.12. The number of amides is 1. The summed E-state index contributed by atoms with van der Waals surface area (Å²) in [5.41, 5.74) is 0.289. The average molecular weight is 292 g/mol. The second-order valence-corrected chi connectivity index (χ2v) is 4.19. The number of hydrogen-bond donors (Lipinski definition) is 4. The lowest BCUT2D eigenvalue weighted by Crippen LogP contribution is -2.23. The maximum atomic E-state index is 11.8. The van der Waals surface area contributed by atoms with Gasteiger partial charge in [-0.1, -0.05) is 5.21 Å². The number of benzene rings is 1. The minimum atomic E-state index is -1.06. The molecule has 0 bridgehead atoms. The molecular formula is C12H12N4O5. The number of phenolic OH excluding ortho intramolecular Hbond substituents is 2. The first-order chi connectivity index (χ1) is 9.95. The highest BCUT2D eigenvalue weighted by molar-refractivity contribution is 5.97. The number of carboxylic acid groups (broad SMARTS) is 1. The SMILES string of the molecule is O=C(O)Cn1cc(CNC(=O)c2cc(O)ccc2O)nn1. The fraction of sp³-hybridized carbons (Fsp3) is 0.167. The predicted octanol–water partition coefficient (Wildman–Crippen LogP) is -0.296. The van der Waals surface area contributed by atoms with E-state index < -0.39 is 11.9 Å². The molecule has 9 nitrogen and oxygen atoms in total. The summed E-state index contributed by atoms with van der Waals surface area (Å²) in [5, 5.41) is 37.2. The van der Waals surface area contributed by atoms with Gasteiger partial charge >= 0.3 is 5.97 Å². The molecule has 0 unspecified atom stereocenters. The Bertz CT molecular complexity index is 682. The van der Waals surface area contributed by atoms with Gasteiger partial charge in [-0.05, 0) is 18.2 Å². The normalized spacial score (nSPS) is 10.3. The number of carbonyl (C=O) groups excluding carboxylic acids is 1. The first-order valence-electron chi connectivity index (χ1n) is 5.86. The smallest absolute Gasteiger partial charge is 0.325 e. The molecule has 1 heterocycles. The molecule has 0 saturated carbocycles. The van der Waals surface area contributed by atoms with Gasteiger partial charge in [0.15, 0.2) is 0 Å². The summed E-state index contributed by atoms with van der Waals surface area (Å²) in [4.78, 5) is 22.3. The van der Waals surface area contributed by atoms with Crippen molar-refractivity contribution in [3.63, 3.8) is 0 Å². The van der Waals surface area contributed by atoms with Gasteiger partial charge < -0.3 is 20.6 Å². The highest BCUT2D eigenvalue weighted by Crippen LogP contribution is 2.21. The van der Waals surface area contributed by atoms with Crippen LogP contribution in [0.1, 0.15) is 16.1 Å². The largest absolute Gasteiger partial charge is 0.508 e. The Hall–Kier alpha value is -3.10. The van der Waals surface area contributed by atoms with Crippen LogP contribution in [0.3, 0.4) is 0 Å². The number of nitrogens with zero attached hydrogens (tertiary/aromatic N) is 3. The zero-order valence-electron chi connectivity index (χ0n) is 10.7. The molecule has 0 atom stereocenters. The van der Waals surface area contributed by atoms with Gasteiger partial charge in [0, 0.05) is 0 Å². The molecule has 1 amide bonds. The van der Waals surface area contributed by atoms with Crippen molar-refractivity contribution in [3.8, 4) is 11.5 Å². The van der Waals surface area contributed by atoms with Crippen LogP contribution in [-0.4, -0.2) is 42.2 Å². The minimum Gasteiger partial charge on any atom is -0.508 e. The number of aromatic nitrogens is 3. The molecule has 9 heteroatoms. The number of carbonyl (C=O) groups is 2. The van der Waals surface area contributed by atoms with Gasteiger partial charge in [-0.3, -0.25) is 9.59 Å². The van der Waals surface area contributed by atoms with Gasteiger partial charge in [-0.2, -0.15) is 0 Å². The number of nitrogens with one attached hydrogen (secondary N) is 1. The van der Waals surface area contributed by atoms with E-state index in [1.54, 1.807) is 0 Å². The first kappa shape index (κ1) is 14.3. The van der Waals surface area contributed by atoms with E-state index in [0.29, 0.717) is 5.69 Å². The molecule has 1 aromatic heterocycles. The Morgan fingerprint density at radius 2 is 2.05 bits per heavy atom. The van der Waals surface area contributed by atoms with E-state index in [1.165, 1.54) is 18.3 Å². The molecule has 0 fully saturated rings. The Morgan fingerprint density at radius 1 is 1.29 bits per heavy atom. The van der Waals surface area contributed by atoms with Gasteiger partial charge in [0.05, 0.1) is 18.3 Å². The van der Waals surface area contributed by atoms with Gasteiger partial charge in [0.1, 0.15) is 23.7 Å². The summed E-state index contributed by atoms with van der Waals surface area (Å²) in [6.45, 7) is -0.318. The van der Waals surface area contributed by atoms with Crippen LogP contribution in [0, 0.1) is 0 Å². The number of hydrogen-bond acceptors (Lipinski definition) is 6. The van der Waals surface area contributed by atoms with E-state index >= 15 is 0 Å². The Kier molecular flexibility index (Phi) is 4.02. The van der Waals surface area contributed by atoms with E-state index in [9.17, 15) is 19.8 Å². The quantitative estimate of drug-likeness (QED) is 0.555. The van der Waals surface area contributed by atoms with Crippen LogP contribution >= 0.6 is 0 Å². The molecule has 110 valence electrons. The van der Waals surface area contributed by atoms with Crippen molar-refractivity contribution >= 4 is 11.9 Å². The fourth-order valence-electron chi connectivity index (χ4n) is 1.61. The van der Waals surface area contributed by atoms with Gasteiger partial charge in [0.2, 0.25) is 0 Å². The number of rotatable bonds is 5. The second-order valence-electron chi connectivity index (χ2n) is 4.19. The van der Waals surface area contributed by atoms with Crippen LogP contribution in [-0.2, 0) is 17.9 Å². The lowest BCUT2D eigenvalue weighted by atomic mass is 10.2. The zero-order chi connectivity index (χ0) is 15.4. The number of phenols is 2. The van der Waals surface area contributed by atoms with Crippen LogP contribution < -0.4 is 5.32 Å². The van der Waals surface area contributed by atoms with Crippen molar-refractivity contribution in [1.29, 1.82) is 0 Å². The van der Waals surface area contributed by atoms with E-state index in [0.717, 1.165) is 10.7 Å². The third kappa shape index (κ3) is 3.69. The Labute approximate surface area is 118 Å². The molecule has 21 heavy (non-hydrogen) atoms. The molecule has 0 radical (unpaired) electrons. The molecule has 0 aliphatic carbocycles. The zero-order valence-corrected chi connectivity index (χ0v) is 10.7. The summed E-state index contributed by atoms with van der Waals surface area (Å²) in [6.07, 6.45) is 1.39. The van der Waals surface area contributed by atoms with Crippen LogP contribution in [0.15, 0.2) is 24.4 Å². The number of aliphatic carboxylic acids is 1. The molecular weight excluding hydrogens is 280 g/mol. The fourth-order valence-corrected chi connectivity index (χ4v) is 1.61. The van der Waals surface area contributed by atoms with E-state index in [-0.39, 0.29) is 30.2 Å². The summed E-state index contributed by atoms with van der Waals surface area (Å²) in [5.74, 6) is -2.07. The number of aromatic hydroxyl groups is 2. The minimum absolute atomic E-state index is 0.00749. The second kappa shape index (κ2) is 5.90. The third-order valence-corrected chi connectivity index (χ3v) is 2.54. The predicted molar refractivity (Wildman–Crippen MR) is 68.6 cm³/mol. The Morgan fingerprint density at radius 3 is 2.76 bits per heavy atom. The molecule has 1 aromatic carbocycles. The summed E-state index contributed by atoms with van der Waals surface area (Å²) in [6, 6.07) is 3.59. The van der Waals surface area contributed by atoms with Crippen molar-refractivity contribution in [2.45, 2.75) is 13.1 Å². The first-order valence-corrected chi connectivity index (χ1v) is 5.86. The lowest BCUT2D eigenvalue weighted by molar-refractivity contribution is -0.137. The van der Waals surface area contributed by atoms with Gasteiger partial charge in [-0.15, -0.1) is 5.10 Å². The van der Waals surface area contributed by atoms with Crippen LogP contribution in [0.2, 0.25) is 0 Å². The van der Waals surface area contributed by atoms with Crippen LogP contribution in [0.25, 0.3) is 0 Å². The van der Waals surface area contributed by atoms with E-state index in [2.05, 4.69) is 15.6 Å². The molecule has 0 aliphatic rings. The highest BCUT2D eigenvalue weighted by atomic mass is 16.4. The maximum Gasteiger partial charge on any atom is 0.325 e. The monoisotopic (exact) mass is 292 g/mol. The number of carboxylic acids is 1. The van der Waals surface area contributed by atoms with Crippen molar-refractivity contribution in [2.24, 2.45) is 0 Å². The highest BCUT2D eigenvalue weighted by Gasteiger charge is 2.12. The third-order valence-electron chi connectivity index (χ3n) is 2.54. The van der Waals surface area contributed by atoms with E-state index in [1.807, 2.05) is 0 Å². The van der Waals surface area contributed by atoms with Crippen molar-refractivity contribution < 1.29 is 24.9 Å². The average Bonchev–Trinajstić information content (AvgIpc) is 2.85. The van der Waals surface area contributed by atoms with Crippen molar-refractivity contribution in [1.82, 2.24) is 20.3 Å². The summed E-state index contributed by atoms with van der Waals surface area (Å²) >= 11 is 0. The Balaban J connectivity index is 1.99. The maximum absolute atomic E-state index is 11.8. The molecule has 2 rings (SSSR count). The van der Waals surface area contributed by atoms with E-state index in [4.69, 9.17) is 5.11 Å². The molecule has 4 N–H and O–H groups in total. The van der Waals surface area contributed by atoms with Gasteiger partial charge in [-0.25, -0.2) is 4.68 Å². The molecule has 0 spiro atoms. The molecule has 2 aromatic rings. The molecule has 0 saturated heterocycles. The van der Waals surface area contributed by atoms with Crippen molar-refractivity contribution in [2.75, 3.05) is 0 Å². The lowest BCUT2D eigenvalue weighted by Gasteiger charge is -2.05. The van der Waals surface area contributed by atoms with Crippen LogP contribution in [0.4, 0.5) is 0 Å². The van der Waals surface area contributed by atoms with Crippen LogP contribution in [0.5, 0.6) is 11.5 Å². The van der Waals surface area contributed by atoms with Gasteiger partial charge in [0.25, 0.3) is 5.91 Å². The standard InChI is InChI=1S/C12H12N4O5/c17-8-1-2-10(18)9(3-8)12(21)13-4-7-5-16(15-14-7)6-11(19)20/h1-3,5,17-18H,4,6H2,(H,13,21)(H,19,20). The molecule has 0 aliphatic heterocycles. The van der Waals surface area contributed by atoms with Crippen molar-refractivity contribution in [3.05, 3.63) is 35.7 Å². The topological polar surface area (TPSA) is 138 Å².